The highest BCUT2D eigenvalue weighted by atomic mass is 32.2. The highest BCUT2D eigenvalue weighted by Gasteiger charge is 2.23. The Balaban J connectivity index is 2.94. The van der Waals surface area contributed by atoms with Gasteiger partial charge in [-0.2, -0.15) is 11.8 Å². The first-order valence-corrected chi connectivity index (χ1v) is 8.20. The lowest BCUT2D eigenvalue weighted by Gasteiger charge is -2.22. The molecule has 0 amide bonds. The van der Waals surface area contributed by atoms with Crippen LogP contribution < -0.4 is 10.0 Å². The summed E-state index contributed by atoms with van der Waals surface area (Å²) in [5.74, 6) is 0. The minimum atomic E-state index is -3.53. The fraction of sp³-hybridized carbons (Fsp3) is 0.545. The van der Waals surface area contributed by atoms with Crippen LogP contribution in [0.5, 0.6) is 0 Å². The number of pyridine rings is 1. The van der Waals surface area contributed by atoms with E-state index in [9.17, 15) is 8.42 Å². The van der Waals surface area contributed by atoms with E-state index in [1.807, 2.05) is 20.1 Å². The average Bonchev–Trinajstić information content (AvgIpc) is 2.37. The van der Waals surface area contributed by atoms with Gasteiger partial charge in [0.15, 0.2) is 0 Å². The topological polar surface area (TPSA) is 71.1 Å². The molecule has 18 heavy (non-hydrogen) atoms. The molecule has 1 aromatic heterocycles. The molecule has 1 heterocycles. The molecule has 0 unspecified atom stereocenters. The van der Waals surface area contributed by atoms with E-state index in [1.165, 1.54) is 6.20 Å². The Hall–Kier alpha value is -0.790. The second kappa shape index (κ2) is 5.90. The van der Waals surface area contributed by atoms with E-state index in [4.69, 9.17) is 0 Å². The first-order chi connectivity index (χ1) is 8.32. The maximum absolute atomic E-state index is 12.2. The molecule has 0 spiro atoms. The molecule has 0 saturated heterocycles. The second-order valence-electron chi connectivity index (χ2n) is 4.41. The highest BCUT2D eigenvalue weighted by Crippen LogP contribution is 2.22. The minimum absolute atomic E-state index is 0.144. The molecule has 0 radical (unpaired) electrons. The lowest BCUT2D eigenvalue weighted by molar-refractivity contribution is 0.570. The number of anilines is 1. The number of thioether (sulfide) groups is 1. The van der Waals surface area contributed by atoms with E-state index in [0.717, 1.165) is 0 Å². The molecule has 0 aliphatic rings. The third kappa shape index (κ3) is 3.86. The minimum Gasteiger partial charge on any atom is -0.387 e. The number of nitrogens with zero attached hydrogens (tertiary/aromatic N) is 1. The maximum atomic E-state index is 12.2. The molecular weight excluding hydrogens is 270 g/mol. The molecular formula is C11H19N3O2S2. The molecule has 2 N–H and O–H groups in total. The van der Waals surface area contributed by atoms with Gasteiger partial charge < -0.3 is 5.32 Å². The Bertz CT molecular complexity index is 501. The Morgan fingerprint density at radius 2 is 2.11 bits per heavy atom. The first-order valence-electron chi connectivity index (χ1n) is 5.49. The van der Waals surface area contributed by atoms with E-state index in [2.05, 4.69) is 15.0 Å². The van der Waals surface area contributed by atoms with Crippen LogP contribution in [0.3, 0.4) is 0 Å². The van der Waals surface area contributed by atoms with Gasteiger partial charge in [0.05, 0.1) is 5.69 Å². The summed E-state index contributed by atoms with van der Waals surface area (Å²) in [6.07, 6.45) is 4.86. The zero-order valence-corrected chi connectivity index (χ0v) is 12.7. The monoisotopic (exact) mass is 289 g/mol. The fourth-order valence-corrected chi connectivity index (χ4v) is 2.89. The Morgan fingerprint density at radius 3 is 2.67 bits per heavy atom. The van der Waals surface area contributed by atoms with Crippen LogP contribution in [0.15, 0.2) is 23.4 Å². The molecule has 0 aliphatic carbocycles. The summed E-state index contributed by atoms with van der Waals surface area (Å²) in [5, 5.41) is 2.85. The van der Waals surface area contributed by atoms with E-state index in [0.29, 0.717) is 12.2 Å². The van der Waals surface area contributed by atoms with Gasteiger partial charge in [0.2, 0.25) is 10.0 Å². The van der Waals surface area contributed by atoms with E-state index < -0.39 is 10.0 Å². The van der Waals surface area contributed by atoms with Crippen LogP contribution in [0.2, 0.25) is 0 Å². The highest BCUT2D eigenvalue weighted by molar-refractivity contribution is 8.00. The van der Waals surface area contributed by atoms with Crippen LogP contribution in [0.1, 0.15) is 13.8 Å². The largest absolute Gasteiger partial charge is 0.387 e. The van der Waals surface area contributed by atoms with Crippen LogP contribution in [0.25, 0.3) is 0 Å². The van der Waals surface area contributed by atoms with Crippen molar-refractivity contribution in [3.8, 4) is 0 Å². The van der Waals surface area contributed by atoms with Crippen LogP contribution in [-0.4, -0.2) is 38.0 Å². The Labute approximate surface area is 113 Å². The molecule has 0 aromatic carbocycles. The van der Waals surface area contributed by atoms with Gasteiger partial charge in [0, 0.05) is 30.7 Å². The van der Waals surface area contributed by atoms with E-state index in [-0.39, 0.29) is 9.64 Å². The molecule has 0 fully saturated rings. The molecule has 0 atom stereocenters. The predicted molar refractivity (Wildman–Crippen MR) is 76.6 cm³/mol. The zero-order chi connectivity index (χ0) is 13.8. The van der Waals surface area contributed by atoms with Gasteiger partial charge in [-0.15, -0.1) is 0 Å². The molecule has 0 bridgehead atoms. The van der Waals surface area contributed by atoms with Gasteiger partial charge >= 0.3 is 0 Å². The summed E-state index contributed by atoms with van der Waals surface area (Å²) in [6.45, 7) is 4.35. The normalized spacial score (nSPS) is 12.4. The third-order valence-corrected chi connectivity index (χ3v) is 5.26. The molecule has 7 heteroatoms. The van der Waals surface area contributed by atoms with Crippen LogP contribution in [0.4, 0.5) is 5.69 Å². The van der Waals surface area contributed by atoms with Gasteiger partial charge in [0.1, 0.15) is 4.90 Å². The van der Waals surface area contributed by atoms with E-state index in [1.54, 1.807) is 31.1 Å². The first kappa shape index (κ1) is 15.3. The maximum Gasteiger partial charge on any atom is 0.244 e. The average molecular weight is 289 g/mol. The number of aromatic nitrogens is 1. The molecule has 0 saturated carbocycles. The number of rotatable bonds is 6. The molecule has 0 aliphatic heterocycles. The zero-order valence-electron chi connectivity index (χ0n) is 11.0. The quantitative estimate of drug-likeness (QED) is 0.831. The number of nitrogens with one attached hydrogen (secondary N) is 2. The van der Waals surface area contributed by atoms with Crippen LogP contribution in [0, 0.1) is 0 Å². The van der Waals surface area contributed by atoms with Gasteiger partial charge in [-0.1, -0.05) is 0 Å². The smallest absolute Gasteiger partial charge is 0.244 e. The van der Waals surface area contributed by atoms with Crippen molar-refractivity contribution in [1.82, 2.24) is 9.71 Å². The van der Waals surface area contributed by atoms with Crippen molar-refractivity contribution in [2.75, 3.05) is 25.2 Å². The van der Waals surface area contributed by atoms with Crippen molar-refractivity contribution in [1.29, 1.82) is 0 Å². The summed E-state index contributed by atoms with van der Waals surface area (Å²) in [7, 11) is -1.85. The molecule has 5 nitrogen and oxygen atoms in total. The lowest BCUT2D eigenvalue weighted by Crippen LogP contribution is -2.36. The summed E-state index contributed by atoms with van der Waals surface area (Å²) in [4.78, 5) is 4.03. The van der Waals surface area contributed by atoms with Crippen molar-refractivity contribution in [3.63, 3.8) is 0 Å². The summed E-state index contributed by atoms with van der Waals surface area (Å²) in [6, 6.07) is 1.63. The van der Waals surface area contributed by atoms with Crippen LogP contribution >= 0.6 is 11.8 Å². The van der Waals surface area contributed by atoms with Crippen molar-refractivity contribution in [3.05, 3.63) is 18.5 Å². The molecule has 1 aromatic rings. The predicted octanol–water partition coefficient (Wildman–Crippen LogP) is 1.54. The summed E-state index contributed by atoms with van der Waals surface area (Å²) in [5.41, 5.74) is 0.541. The van der Waals surface area contributed by atoms with Gasteiger partial charge in [0.25, 0.3) is 0 Å². The molecule has 102 valence electrons. The Kier molecular flexibility index (Phi) is 5.01. The SMILES string of the molecule is CNc1ccncc1S(=O)(=O)NCC(C)(C)SC. The summed E-state index contributed by atoms with van der Waals surface area (Å²) < 4.78 is 26.8. The van der Waals surface area contributed by atoms with Crippen molar-refractivity contribution in [2.45, 2.75) is 23.5 Å². The third-order valence-electron chi connectivity index (χ3n) is 2.58. The van der Waals surface area contributed by atoms with Gasteiger partial charge in [-0.3, -0.25) is 4.98 Å². The van der Waals surface area contributed by atoms with Gasteiger partial charge in [-0.25, -0.2) is 13.1 Å². The number of hydrogen-bond donors (Lipinski definition) is 2. The summed E-state index contributed by atoms with van der Waals surface area (Å²) >= 11 is 1.61. The Morgan fingerprint density at radius 1 is 1.44 bits per heavy atom. The van der Waals surface area contributed by atoms with Crippen molar-refractivity contribution >= 4 is 27.5 Å². The number of sulfonamides is 1. The van der Waals surface area contributed by atoms with Crippen molar-refractivity contribution in [2.24, 2.45) is 0 Å². The van der Waals surface area contributed by atoms with Crippen molar-refractivity contribution < 1.29 is 8.42 Å². The molecule has 1 rings (SSSR count). The second-order valence-corrected chi connectivity index (χ2v) is 7.66. The van der Waals surface area contributed by atoms with Crippen LogP contribution in [-0.2, 0) is 10.0 Å². The standard InChI is InChI=1S/C11H19N3O2S2/c1-11(2,17-4)8-14-18(15,16)10-7-13-6-5-9(10)12-3/h5-7,14H,8H2,1-4H3,(H,12,13). The lowest BCUT2D eigenvalue weighted by atomic mass is 10.2. The fourth-order valence-electron chi connectivity index (χ4n) is 1.22. The van der Waals surface area contributed by atoms with E-state index >= 15 is 0 Å². The van der Waals surface area contributed by atoms with Gasteiger partial charge in [-0.05, 0) is 26.2 Å². The number of hydrogen-bond acceptors (Lipinski definition) is 5.